The number of hydrogen-bond acceptors (Lipinski definition) is 4. The van der Waals surface area contributed by atoms with Crippen molar-refractivity contribution >= 4 is 27.0 Å². The van der Waals surface area contributed by atoms with E-state index in [4.69, 9.17) is 9.52 Å². The van der Waals surface area contributed by atoms with Gasteiger partial charge in [-0.2, -0.15) is 0 Å². The Labute approximate surface area is 122 Å². The molecule has 0 radical (unpaired) electrons. The van der Waals surface area contributed by atoms with Crippen molar-refractivity contribution in [3.63, 3.8) is 0 Å². The molecule has 2 aromatic heterocycles. The number of halogens is 1. The SMILES string of the molecule is Cn1c(CCO)nc(Br)c1-c1ccc2[nH]c(=O)oc2c1. The third-order valence-corrected chi connectivity index (χ3v) is 3.73. The predicted octanol–water partition coefficient (Wildman–Crippen LogP) is 1.82. The molecule has 0 saturated heterocycles. The van der Waals surface area contributed by atoms with E-state index in [0.29, 0.717) is 22.1 Å². The number of oxazole rings is 1. The minimum atomic E-state index is -0.470. The van der Waals surface area contributed by atoms with E-state index < -0.39 is 5.76 Å². The van der Waals surface area contributed by atoms with Crippen molar-refractivity contribution in [1.82, 2.24) is 14.5 Å². The maximum atomic E-state index is 11.2. The number of nitrogens with one attached hydrogen (secondary N) is 1. The maximum Gasteiger partial charge on any atom is 0.417 e. The molecule has 0 aliphatic heterocycles. The maximum absolute atomic E-state index is 11.2. The smallest absolute Gasteiger partial charge is 0.408 e. The molecule has 0 spiro atoms. The number of hydrogen-bond donors (Lipinski definition) is 2. The van der Waals surface area contributed by atoms with Gasteiger partial charge in [-0.15, -0.1) is 0 Å². The van der Waals surface area contributed by atoms with Crippen LogP contribution in [0.4, 0.5) is 0 Å². The lowest BCUT2D eigenvalue weighted by atomic mass is 10.1. The van der Waals surface area contributed by atoms with E-state index >= 15 is 0 Å². The van der Waals surface area contributed by atoms with E-state index in [2.05, 4.69) is 25.9 Å². The second-order valence-electron chi connectivity index (χ2n) is 4.43. The summed E-state index contributed by atoms with van der Waals surface area (Å²) in [4.78, 5) is 18.2. The average Bonchev–Trinajstić information content (AvgIpc) is 2.89. The third-order valence-electron chi connectivity index (χ3n) is 3.18. The topological polar surface area (TPSA) is 84.0 Å². The zero-order valence-corrected chi connectivity index (χ0v) is 12.3. The highest BCUT2D eigenvalue weighted by Crippen LogP contribution is 2.30. The van der Waals surface area contributed by atoms with E-state index in [1.165, 1.54) is 0 Å². The van der Waals surface area contributed by atoms with Crippen molar-refractivity contribution in [3.8, 4) is 11.3 Å². The molecule has 7 heteroatoms. The molecule has 2 N–H and O–H groups in total. The summed E-state index contributed by atoms with van der Waals surface area (Å²) in [6.45, 7) is 0.0441. The average molecular weight is 338 g/mol. The van der Waals surface area contributed by atoms with Gasteiger partial charge in [0.15, 0.2) is 5.58 Å². The predicted molar refractivity (Wildman–Crippen MR) is 77.5 cm³/mol. The summed E-state index contributed by atoms with van der Waals surface area (Å²) in [6, 6.07) is 5.47. The largest absolute Gasteiger partial charge is 0.417 e. The number of benzene rings is 1. The number of aliphatic hydroxyl groups is 1. The molecular formula is C13H12BrN3O3. The lowest BCUT2D eigenvalue weighted by Crippen LogP contribution is -2.02. The summed E-state index contributed by atoms with van der Waals surface area (Å²) >= 11 is 3.43. The fourth-order valence-corrected chi connectivity index (χ4v) is 2.94. The first-order valence-electron chi connectivity index (χ1n) is 6.05. The van der Waals surface area contributed by atoms with Gasteiger partial charge in [-0.3, -0.25) is 4.98 Å². The van der Waals surface area contributed by atoms with Crippen molar-refractivity contribution < 1.29 is 9.52 Å². The normalized spacial score (nSPS) is 11.3. The molecule has 3 rings (SSSR count). The fourth-order valence-electron chi connectivity index (χ4n) is 2.24. The Morgan fingerprint density at radius 3 is 3.05 bits per heavy atom. The molecule has 0 unspecified atom stereocenters. The molecule has 0 fully saturated rings. The molecule has 104 valence electrons. The Morgan fingerprint density at radius 1 is 1.50 bits per heavy atom. The second-order valence-corrected chi connectivity index (χ2v) is 5.18. The standard InChI is InChI=1S/C13H12BrN3O3/c1-17-10(4-5-18)16-12(14)11(17)7-2-3-8-9(6-7)20-13(19)15-8/h2-3,6,18H,4-5H2,1H3,(H,15,19). The number of imidazole rings is 1. The van der Waals surface area contributed by atoms with Crippen LogP contribution in [0.1, 0.15) is 5.82 Å². The van der Waals surface area contributed by atoms with E-state index in [0.717, 1.165) is 17.1 Å². The molecule has 0 amide bonds. The van der Waals surface area contributed by atoms with Crippen molar-refractivity contribution in [1.29, 1.82) is 0 Å². The molecule has 0 bridgehead atoms. The molecule has 0 aliphatic carbocycles. The molecule has 3 aromatic rings. The first-order valence-corrected chi connectivity index (χ1v) is 6.84. The monoisotopic (exact) mass is 337 g/mol. The van der Waals surface area contributed by atoms with Crippen molar-refractivity contribution in [2.45, 2.75) is 6.42 Å². The molecule has 0 saturated carbocycles. The van der Waals surface area contributed by atoms with Crippen molar-refractivity contribution in [2.24, 2.45) is 7.05 Å². The summed E-state index contributed by atoms with van der Waals surface area (Å²) in [7, 11) is 1.88. The molecule has 20 heavy (non-hydrogen) atoms. The molecular weight excluding hydrogens is 326 g/mol. The van der Waals surface area contributed by atoms with Crippen LogP contribution in [-0.4, -0.2) is 26.2 Å². The Hall–Kier alpha value is -1.86. The van der Waals surface area contributed by atoms with Gasteiger partial charge in [-0.05, 0) is 28.1 Å². The lowest BCUT2D eigenvalue weighted by molar-refractivity contribution is 0.295. The first kappa shape index (κ1) is 13.1. The van der Waals surface area contributed by atoms with Crippen LogP contribution in [0.2, 0.25) is 0 Å². The van der Waals surface area contributed by atoms with Gasteiger partial charge in [0.1, 0.15) is 10.4 Å². The second kappa shape index (κ2) is 4.92. The van der Waals surface area contributed by atoms with Crippen LogP contribution >= 0.6 is 15.9 Å². The van der Waals surface area contributed by atoms with Crippen LogP contribution in [0.5, 0.6) is 0 Å². The highest BCUT2D eigenvalue weighted by Gasteiger charge is 2.15. The minimum Gasteiger partial charge on any atom is -0.408 e. The van der Waals surface area contributed by atoms with Crippen LogP contribution in [0.3, 0.4) is 0 Å². The number of nitrogens with zero attached hydrogens (tertiary/aromatic N) is 2. The van der Waals surface area contributed by atoms with E-state index in [-0.39, 0.29) is 6.61 Å². The zero-order valence-electron chi connectivity index (χ0n) is 10.7. The van der Waals surface area contributed by atoms with Gasteiger partial charge in [-0.25, -0.2) is 9.78 Å². The van der Waals surface area contributed by atoms with E-state index in [1.807, 2.05) is 17.7 Å². The number of fused-ring (bicyclic) bond motifs is 1. The van der Waals surface area contributed by atoms with Gasteiger partial charge < -0.3 is 14.1 Å². The van der Waals surface area contributed by atoms with Gasteiger partial charge >= 0.3 is 5.76 Å². The molecule has 0 atom stereocenters. The molecule has 6 nitrogen and oxygen atoms in total. The minimum absolute atomic E-state index is 0.0441. The summed E-state index contributed by atoms with van der Waals surface area (Å²) in [5, 5.41) is 9.04. The van der Waals surface area contributed by atoms with Crippen LogP contribution < -0.4 is 5.76 Å². The van der Waals surface area contributed by atoms with Gasteiger partial charge in [0.25, 0.3) is 0 Å². The van der Waals surface area contributed by atoms with E-state index in [9.17, 15) is 4.79 Å². The number of aromatic nitrogens is 3. The van der Waals surface area contributed by atoms with Gasteiger partial charge in [0, 0.05) is 19.0 Å². The summed E-state index contributed by atoms with van der Waals surface area (Å²) < 4.78 is 7.67. The molecule has 1 aromatic carbocycles. The Bertz CT molecular complexity index is 831. The fraction of sp³-hybridized carbons (Fsp3) is 0.231. The summed E-state index contributed by atoms with van der Waals surface area (Å²) in [5.41, 5.74) is 2.92. The van der Waals surface area contributed by atoms with Gasteiger partial charge in [0.05, 0.1) is 17.8 Å². The van der Waals surface area contributed by atoms with Crippen LogP contribution in [-0.2, 0) is 13.5 Å². The number of aromatic amines is 1. The molecule has 2 heterocycles. The highest BCUT2D eigenvalue weighted by atomic mass is 79.9. The molecule has 0 aliphatic rings. The third kappa shape index (κ3) is 2.08. The summed E-state index contributed by atoms with van der Waals surface area (Å²) in [5.74, 6) is 0.312. The van der Waals surface area contributed by atoms with Gasteiger partial charge in [-0.1, -0.05) is 6.07 Å². The van der Waals surface area contributed by atoms with Gasteiger partial charge in [0.2, 0.25) is 0 Å². The first-order chi connectivity index (χ1) is 9.60. The zero-order chi connectivity index (χ0) is 14.3. The number of aliphatic hydroxyl groups excluding tert-OH is 1. The van der Waals surface area contributed by atoms with Crippen LogP contribution in [0.25, 0.3) is 22.4 Å². The van der Waals surface area contributed by atoms with Crippen molar-refractivity contribution in [3.05, 3.63) is 39.2 Å². The van der Waals surface area contributed by atoms with Crippen LogP contribution in [0, 0.1) is 0 Å². The Balaban J connectivity index is 2.17. The number of H-pyrrole nitrogens is 1. The summed E-state index contributed by atoms with van der Waals surface area (Å²) in [6.07, 6.45) is 0.483. The number of rotatable bonds is 3. The van der Waals surface area contributed by atoms with Crippen LogP contribution in [0.15, 0.2) is 32.0 Å². The van der Waals surface area contributed by atoms with Crippen molar-refractivity contribution in [2.75, 3.05) is 6.61 Å². The Morgan fingerprint density at radius 2 is 2.30 bits per heavy atom. The highest BCUT2D eigenvalue weighted by molar-refractivity contribution is 9.10. The quantitative estimate of drug-likeness (QED) is 0.763. The van der Waals surface area contributed by atoms with E-state index in [1.54, 1.807) is 12.1 Å². The lowest BCUT2D eigenvalue weighted by Gasteiger charge is -2.05. The Kier molecular flexibility index (Phi) is 3.23.